The first-order valence-corrected chi connectivity index (χ1v) is 4.94. The van der Waals surface area contributed by atoms with Crippen molar-refractivity contribution in [3.05, 3.63) is 42.7 Å². The standard InChI is InChI=1S/C12H12N2O2/c13-8-12(15)14-10-5-2-1-4-9(10)11-6-3-7-16-11/h1-7H,8,13H2,(H,14,15). The molecule has 0 bridgehead atoms. The molecule has 0 saturated carbocycles. The molecule has 0 fully saturated rings. The summed E-state index contributed by atoms with van der Waals surface area (Å²) in [6.07, 6.45) is 1.59. The Balaban J connectivity index is 2.35. The fraction of sp³-hybridized carbons (Fsp3) is 0.0833. The lowest BCUT2D eigenvalue weighted by Crippen LogP contribution is -2.22. The van der Waals surface area contributed by atoms with Crippen LogP contribution >= 0.6 is 0 Å². The van der Waals surface area contributed by atoms with E-state index in [2.05, 4.69) is 5.32 Å². The third kappa shape index (κ3) is 2.12. The van der Waals surface area contributed by atoms with Crippen LogP contribution in [0.2, 0.25) is 0 Å². The van der Waals surface area contributed by atoms with Gasteiger partial charge in [0.2, 0.25) is 5.91 Å². The summed E-state index contributed by atoms with van der Waals surface area (Å²) in [6, 6.07) is 11.1. The van der Waals surface area contributed by atoms with Gasteiger partial charge in [-0.05, 0) is 24.3 Å². The minimum absolute atomic E-state index is 0.0352. The van der Waals surface area contributed by atoms with E-state index < -0.39 is 0 Å². The van der Waals surface area contributed by atoms with Crippen LogP contribution in [-0.2, 0) is 4.79 Å². The average Bonchev–Trinajstić information content (AvgIpc) is 2.83. The summed E-state index contributed by atoms with van der Waals surface area (Å²) in [5.41, 5.74) is 6.80. The highest BCUT2D eigenvalue weighted by molar-refractivity contribution is 5.95. The zero-order valence-electron chi connectivity index (χ0n) is 8.64. The molecule has 0 aliphatic heterocycles. The van der Waals surface area contributed by atoms with Crippen LogP contribution < -0.4 is 11.1 Å². The van der Waals surface area contributed by atoms with Crippen LogP contribution in [0.1, 0.15) is 0 Å². The van der Waals surface area contributed by atoms with Crippen LogP contribution in [0.3, 0.4) is 0 Å². The molecule has 2 rings (SSSR count). The SMILES string of the molecule is NCC(=O)Nc1ccccc1-c1ccco1. The van der Waals surface area contributed by atoms with Gasteiger partial charge in [0, 0.05) is 5.56 Å². The van der Waals surface area contributed by atoms with Crippen molar-refractivity contribution in [2.45, 2.75) is 0 Å². The molecular formula is C12H12N2O2. The third-order valence-corrected chi connectivity index (χ3v) is 2.17. The Morgan fingerprint density at radius 1 is 1.25 bits per heavy atom. The second-order valence-electron chi connectivity index (χ2n) is 3.28. The molecule has 0 radical (unpaired) electrons. The number of hydrogen-bond acceptors (Lipinski definition) is 3. The van der Waals surface area contributed by atoms with E-state index in [1.807, 2.05) is 30.3 Å². The van der Waals surface area contributed by atoms with Gasteiger partial charge < -0.3 is 15.5 Å². The Bertz CT molecular complexity index is 478. The molecule has 1 aromatic heterocycles. The molecule has 0 atom stereocenters. The third-order valence-electron chi connectivity index (χ3n) is 2.17. The fourth-order valence-corrected chi connectivity index (χ4v) is 1.44. The first-order chi connectivity index (χ1) is 7.81. The summed E-state index contributed by atoms with van der Waals surface area (Å²) >= 11 is 0. The number of carbonyl (C=O) groups excluding carboxylic acids is 1. The Kier molecular flexibility index (Phi) is 3.03. The van der Waals surface area contributed by atoms with Crippen LogP contribution in [0.4, 0.5) is 5.69 Å². The van der Waals surface area contributed by atoms with Gasteiger partial charge in [-0.2, -0.15) is 0 Å². The summed E-state index contributed by atoms with van der Waals surface area (Å²) in [5, 5.41) is 2.72. The molecule has 0 aliphatic rings. The second-order valence-corrected chi connectivity index (χ2v) is 3.28. The molecular weight excluding hydrogens is 204 g/mol. The van der Waals surface area contributed by atoms with E-state index in [0.29, 0.717) is 11.4 Å². The van der Waals surface area contributed by atoms with E-state index >= 15 is 0 Å². The minimum atomic E-state index is -0.223. The van der Waals surface area contributed by atoms with Crippen molar-refractivity contribution in [1.29, 1.82) is 0 Å². The lowest BCUT2D eigenvalue weighted by molar-refractivity contribution is -0.114. The van der Waals surface area contributed by atoms with Crippen molar-refractivity contribution >= 4 is 11.6 Å². The van der Waals surface area contributed by atoms with Crippen molar-refractivity contribution < 1.29 is 9.21 Å². The first kappa shape index (κ1) is 10.4. The summed E-state index contributed by atoms with van der Waals surface area (Å²) in [6.45, 7) is -0.0352. The molecule has 1 heterocycles. The smallest absolute Gasteiger partial charge is 0.238 e. The maximum Gasteiger partial charge on any atom is 0.238 e. The number of nitrogens with one attached hydrogen (secondary N) is 1. The van der Waals surface area contributed by atoms with Gasteiger partial charge in [-0.15, -0.1) is 0 Å². The summed E-state index contributed by atoms with van der Waals surface area (Å²) < 4.78 is 5.29. The van der Waals surface area contributed by atoms with E-state index in [9.17, 15) is 4.79 Å². The maximum atomic E-state index is 11.2. The number of carbonyl (C=O) groups is 1. The topological polar surface area (TPSA) is 68.3 Å². The highest BCUT2D eigenvalue weighted by Gasteiger charge is 2.08. The van der Waals surface area contributed by atoms with Crippen molar-refractivity contribution in [2.75, 3.05) is 11.9 Å². The minimum Gasteiger partial charge on any atom is -0.464 e. The van der Waals surface area contributed by atoms with Crippen LogP contribution in [0.15, 0.2) is 47.1 Å². The summed E-state index contributed by atoms with van der Waals surface area (Å²) in [5.74, 6) is 0.493. The van der Waals surface area contributed by atoms with Gasteiger partial charge in [0.25, 0.3) is 0 Å². The van der Waals surface area contributed by atoms with E-state index in [0.717, 1.165) is 5.56 Å². The van der Waals surface area contributed by atoms with E-state index in [4.69, 9.17) is 10.2 Å². The predicted octanol–water partition coefficient (Wildman–Crippen LogP) is 1.84. The predicted molar refractivity (Wildman–Crippen MR) is 61.8 cm³/mol. The largest absolute Gasteiger partial charge is 0.464 e. The molecule has 1 aromatic carbocycles. The summed E-state index contributed by atoms with van der Waals surface area (Å²) in [7, 11) is 0. The number of hydrogen-bond donors (Lipinski definition) is 2. The molecule has 0 aliphatic carbocycles. The van der Waals surface area contributed by atoms with Gasteiger partial charge in [0.15, 0.2) is 0 Å². The molecule has 0 unspecified atom stereocenters. The Morgan fingerprint density at radius 2 is 2.06 bits per heavy atom. The van der Waals surface area contributed by atoms with E-state index in [-0.39, 0.29) is 12.5 Å². The summed E-state index contributed by atoms with van der Waals surface area (Å²) in [4.78, 5) is 11.2. The van der Waals surface area contributed by atoms with Crippen LogP contribution in [0.25, 0.3) is 11.3 Å². The lowest BCUT2D eigenvalue weighted by atomic mass is 10.1. The molecule has 0 saturated heterocycles. The van der Waals surface area contributed by atoms with E-state index in [1.54, 1.807) is 12.3 Å². The lowest BCUT2D eigenvalue weighted by Gasteiger charge is -2.07. The fourth-order valence-electron chi connectivity index (χ4n) is 1.44. The Hall–Kier alpha value is -2.07. The van der Waals surface area contributed by atoms with Crippen molar-refractivity contribution in [3.8, 4) is 11.3 Å². The first-order valence-electron chi connectivity index (χ1n) is 4.94. The average molecular weight is 216 g/mol. The number of rotatable bonds is 3. The van der Waals surface area contributed by atoms with Gasteiger partial charge in [0.1, 0.15) is 5.76 Å². The number of anilines is 1. The van der Waals surface area contributed by atoms with Crippen molar-refractivity contribution in [2.24, 2.45) is 5.73 Å². The van der Waals surface area contributed by atoms with Crippen molar-refractivity contribution in [3.63, 3.8) is 0 Å². The van der Waals surface area contributed by atoms with Gasteiger partial charge >= 0.3 is 0 Å². The molecule has 2 aromatic rings. The quantitative estimate of drug-likeness (QED) is 0.822. The van der Waals surface area contributed by atoms with Gasteiger partial charge in [-0.3, -0.25) is 4.79 Å². The van der Waals surface area contributed by atoms with Crippen LogP contribution in [-0.4, -0.2) is 12.5 Å². The van der Waals surface area contributed by atoms with Gasteiger partial charge in [-0.1, -0.05) is 12.1 Å². The maximum absolute atomic E-state index is 11.2. The van der Waals surface area contributed by atoms with Gasteiger partial charge in [0.05, 0.1) is 18.5 Å². The monoisotopic (exact) mass is 216 g/mol. The molecule has 0 spiro atoms. The number of benzene rings is 1. The van der Waals surface area contributed by atoms with Crippen LogP contribution in [0.5, 0.6) is 0 Å². The van der Waals surface area contributed by atoms with Gasteiger partial charge in [-0.25, -0.2) is 0 Å². The molecule has 3 N–H and O–H groups in total. The molecule has 4 heteroatoms. The molecule has 16 heavy (non-hydrogen) atoms. The highest BCUT2D eigenvalue weighted by atomic mass is 16.3. The Morgan fingerprint density at radius 3 is 2.75 bits per heavy atom. The van der Waals surface area contributed by atoms with Crippen LogP contribution in [0, 0.1) is 0 Å². The van der Waals surface area contributed by atoms with E-state index in [1.165, 1.54) is 0 Å². The number of nitrogens with two attached hydrogens (primary N) is 1. The number of furan rings is 1. The van der Waals surface area contributed by atoms with Crippen molar-refractivity contribution in [1.82, 2.24) is 0 Å². The number of amides is 1. The molecule has 82 valence electrons. The second kappa shape index (κ2) is 4.63. The number of para-hydroxylation sites is 1. The normalized spacial score (nSPS) is 10.1. The Labute approximate surface area is 93.1 Å². The molecule has 4 nitrogen and oxygen atoms in total. The zero-order chi connectivity index (χ0) is 11.4. The zero-order valence-corrected chi connectivity index (χ0v) is 8.64. The highest BCUT2D eigenvalue weighted by Crippen LogP contribution is 2.27. The molecule has 1 amide bonds.